The Morgan fingerprint density at radius 1 is 1.26 bits per heavy atom. The number of aromatic nitrogens is 3. The molecule has 0 spiro atoms. The average Bonchev–Trinajstić information content (AvgIpc) is 3.18. The number of rotatable bonds is 6. The third kappa shape index (κ3) is 4.16. The van der Waals surface area contributed by atoms with E-state index in [9.17, 15) is 0 Å². The van der Waals surface area contributed by atoms with Crippen LogP contribution in [0.2, 0.25) is 5.02 Å². The van der Waals surface area contributed by atoms with E-state index < -0.39 is 0 Å². The van der Waals surface area contributed by atoms with Gasteiger partial charge in [-0.25, -0.2) is 4.98 Å². The van der Waals surface area contributed by atoms with Crippen molar-refractivity contribution in [3.63, 3.8) is 0 Å². The highest BCUT2D eigenvalue weighted by atomic mass is 35.5. The van der Waals surface area contributed by atoms with Gasteiger partial charge >= 0.3 is 0 Å². The van der Waals surface area contributed by atoms with E-state index in [4.69, 9.17) is 16.1 Å². The second-order valence-electron chi connectivity index (χ2n) is 5.33. The molecule has 7 heteroatoms. The molecule has 5 nitrogen and oxygen atoms in total. The number of hydrogen-bond acceptors (Lipinski definition) is 6. The lowest BCUT2D eigenvalue weighted by Gasteiger charge is -2.04. The molecule has 2 aromatic heterocycles. The van der Waals surface area contributed by atoms with Crippen LogP contribution in [0.25, 0.3) is 10.6 Å². The first-order chi connectivity index (χ1) is 11.1. The van der Waals surface area contributed by atoms with Gasteiger partial charge < -0.3 is 9.84 Å². The molecule has 0 saturated heterocycles. The van der Waals surface area contributed by atoms with Crippen LogP contribution in [0.15, 0.2) is 34.2 Å². The van der Waals surface area contributed by atoms with E-state index >= 15 is 0 Å². The van der Waals surface area contributed by atoms with E-state index in [1.165, 1.54) is 0 Å². The molecule has 0 radical (unpaired) electrons. The third-order valence-electron chi connectivity index (χ3n) is 3.47. The molecule has 23 heavy (non-hydrogen) atoms. The summed E-state index contributed by atoms with van der Waals surface area (Å²) in [6.45, 7) is 2.08. The zero-order valence-corrected chi connectivity index (χ0v) is 14.5. The van der Waals surface area contributed by atoms with Gasteiger partial charge in [-0.3, -0.25) is 0 Å². The van der Waals surface area contributed by atoms with E-state index in [0.717, 1.165) is 33.5 Å². The fraction of sp³-hybridized carbons (Fsp3) is 0.312. The van der Waals surface area contributed by atoms with Gasteiger partial charge in [-0.1, -0.05) is 28.9 Å². The summed E-state index contributed by atoms with van der Waals surface area (Å²) in [4.78, 5) is 9.04. The first-order valence-electron chi connectivity index (χ1n) is 7.33. The highest BCUT2D eigenvalue weighted by Gasteiger charge is 2.12. The molecule has 0 saturated carbocycles. The van der Waals surface area contributed by atoms with E-state index in [1.807, 2.05) is 36.7 Å². The van der Waals surface area contributed by atoms with Gasteiger partial charge in [0.2, 0.25) is 5.89 Å². The molecule has 0 aliphatic carbocycles. The van der Waals surface area contributed by atoms with Crippen molar-refractivity contribution in [1.82, 2.24) is 20.4 Å². The zero-order chi connectivity index (χ0) is 16.2. The average molecular weight is 349 g/mol. The molecule has 2 heterocycles. The SMILES string of the molecule is CNC(C)Cc1noc(Cc2csc(-c3ccc(Cl)cc3)n2)n1. The monoisotopic (exact) mass is 348 g/mol. The van der Waals surface area contributed by atoms with Crippen molar-refractivity contribution < 1.29 is 4.52 Å². The smallest absolute Gasteiger partial charge is 0.232 e. The standard InChI is InChI=1S/C16H17ClN4OS/c1-10(18-2)7-14-20-15(22-21-14)8-13-9-23-16(19-13)11-3-5-12(17)6-4-11/h3-6,9-10,18H,7-8H2,1-2H3. The Morgan fingerprint density at radius 2 is 2.04 bits per heavy atom. The van der Waals surface area contributed by atoms with E-state index in [-0.39, 0.29) is 0 Å². The molecule has 1 atom stereocenters. The second kappa shape index (κ2) is 7.21. The number of nitrogens with zero attached hydrogens (tertiary/aromatic N) is 3. The van der Waals surface area contributed by atoms with Gasteiger partial charge in [0.05, 0.1) is 12.1 Å². The summed E-state index contributed by atoms with van der Waals surface area (Å²) >= 11 is 7.51. The van der Waals surface area contributed by atoms with Gasteiger partial charge in [-0.05, 0) is 26.1 Å². The van der Waals surface area contributed by atoms with Crippen LogP contribution in [0.3, 0.4) is 0 Å². The highest BCUT2D eigenvalue weighted by Crippen LogP contribution is 2.25. The molecule has 0 aliphatic heterocycles. The van der Waals surface area contributed by atoms with Gasteiger partial charge in [0.25, 0.3) is 0 Å². The molecule has 0 aliphatic rings. The molecule has 0 amide bonds. The van der Waals surface area contributed by atoms with Gasteiger partial charge in [0.15, 0.2) is 5.82 Å². The Morgan fingerprint density at radius 3 is 2.78 bits per heavy atom. The van der Waals surface area contributed by atoms with Crippen LogP contribution >= 0.6 is 22.9 Å². The molecule has 3 aromatic rings. The highest BCUT2D eigenvalue weighted by molar-refractivity contribution is 7.13. The van der Waals surface area contributed by atoms with Crippen molar-refractivity contribution in [3.8, 4) is 10.6 Å². The first kappa shape index (κ1) is 16.1. The van der Waals surface area contributed by atoms with Gasteiger partial charge in [-0.2, -0.15) is 4.98 Å². The molecule has 0 bridgehead atoms. The Bertz CT molecular complexity index is 768. The minimum atomic E-state index is 0.316. The molecular weight excluding hydrogens is 332 g/mol. The number of halogens is 1. The van der Waals surface area contributed by atoms with Crippen LogP contribution in [-0.2, 0) is 12.8 Å². The lowest BCUT2D eigenvalue weighted by molar-refractivity contribution is 0.376. The maximum Gasteiger partial charge on any atom is 0.232 e. The van der Waals surface area contributed by atoms with Crippen LogP contribution in [0.1, 0.15) is 24.3 Å². The second-order valence-corrected chi connectivity index (χ2v) is 6.62. The van der Waals surface area contributed by atoms with Crippen LogP contribution in [0.5, 0.6) is 0 Å². The minimum absolute atomic E-state index is 0.316. The maximum absolute atomic E-state index is 5.91. The van der Waals surface area contributed by atoms with Crippen molar-refractivity contribution >= 4 is 22.9 Å². The predicted molar refractivity (Wildman–Crippen MR) is 91.9 cm³/mol. The lowest BCUT2D eigenvalue weighted by Crippen LogP contribution is -2.24. The van der Waals surface area contributed by atoms with Gasteiger partial charge in [-0.15, -0.1) is 11.3 Å². The topological polar surface area (TPSA) is 63.8 Å². The van der Waals surface area contributed by atoms with Crippen molar-refractivity contribution in [3.05, 3.63) is 52.1 Å². The summed E-state index contributed by atoms with van der Waals surface area (Å²) in [5.74, 6) is 1.31. The van der Waals surface area contributed by atoms with E-state index in [0.29, 0.717) is 18.4 Å². The van der Waals surface area contributed by atoms with Crippen molar-refractivity contribution in [1.29, 1.82) is 0 Å². The van der Waals surface area contributed by atoms with E-state index in [2.05, 4.69) is 27.4 Å². The Hall–Kier alpha value is -1.76. The molecular formula is C16H17ClN4OS. The Balaban J connectivity index is 1.68. The number of nitrogens with one attached hydrogen (secondary N) is 1. The van der Waals surface area contributed by atoms with Crippen LogP contribution < -0.4 is 5.32 Å². The molecule has 1 N–H and O–H groups in total. The number of benzene rings is 1. The maximum atomic E-state index is 5.91. The Labute approximate surface area is 143 Å². The summed E-state index contributed by atoms with van der Waals surface area (Å²) in [6.07, 6.45) is 1.29. The van der Waals surface area contributed by atoms with Gasteiger partial charge in [0, 0.05) is 28.4 Å². The molecule has 1 aromatic carbocycles. The van der Waals surface area contributed by atoms with E-state index in [1.54, 1.807) is 11.3 Å². The summed E-state index contributed by atoms with van der Waals surface area (Å²) in [5.41, 5.74) is 1.98. The molecule has 0 fully saturated rings. The summed E-state index contributed by atoms with van der Waals surface area (Å²) in [6, 6.07) is 7.98. The fourth-order valence-electron chi connectivity index (χ4n) is 2.09. The lowest BCUT2D eigenvalue weighted by atomic mass is 10.2. The van der Waals surface area contributed by atoms with Gasteiger partial charge in [0.1, 0.15) is 5.01 Å². The van der Waals surface area contributed by atoms with Crippen molar-refractivity contribution in [2.24, 2.45) is 0 Å². The number of hydrogen-bond donors (Lipinski definition) is 1. The van der Waals surface area contributed by atoms with Crippen LogP contribution in [-0.4, -0.2) is 28.2 Å². The van der Waals surface area contributed by atoms with Crippen LogP contribution in [0.4, 0.5) is 0 Å². The zero-order valence-electron chi connectivity index (χ0n) is 12.9. The normalized spacial score (nSPS) is 12.5. The molecule has 3 rings (SSSR count). The van der Waals surface area contributed by atoms with Crippen LogP contribution in [0, 0.1) is 0 Å². The third-order valence-corrected chi connectivity index (χ3v) is 4.66. The van der Waals surface area contributed by atoms with Crippen molar-refractivity contribution in [2.75, 3.05) is 7.05 Å². The fourth-order valence-corrected chi connectivity index (χ4v) is 3.04. The summed E-state index contributed by atoms with van der Waals surface area (Å²) < 4.78 is 5.30. The summed E-state index contributed by atoms with van der Waals surface area (Å²) in [5, 5.41) is 10.9. The Kier molecular flexibility index (Phi) is 5.05. The minimum Gasteiger partial charge on any atom is -0.339 e. The van der Waals surface area contributed by atoms with Crippen molar-refractivity contribution in [2.45, 2.75) is 25.8 Å². The summed E-state index contributed by atoms with van der Waals surface area (Å²) in [7, 11) is 1.92. The predicted octanol–water partition coefficient (Wildman–Crippen LogP) is 3.59. The number of thiazole rings is 1. The number of likely N-dealkylation sites (N-methyl/N-ethyl adjacent to an activating group) is 1. The quantitative estimate of drug-likeness (QED) is 0.737. The first-order valence-corrected chi connectivity index (χ1v) is 8.59. The molecule has 120 valence electrons. The molecule has 1 unspecified atom stereocenters. The largest absolute Gasteiger partial charge is 0.339 e.